The van der Waals surface area contributed by atoms with E-state index in [9.17, 15) is 19.7 Å². The summed E-state index contributed by atoms with van der Waals surface area (Å²) in [6, 6.07) is 11.6. The number of carbonyl (C=O) groups excluding carboxylic acids is 2. The number of amides is 2. The third kappa shape index (κ3) is 4.81. The van der Waals surface area contributed by atoms with E-state index in [-0.39, 0.29) is 17.3 Å². The molecule has 0 unspecified atom stereocenters. The number of anilines is 2. The standard InChI is InChI=1S/C15H13N3O5/c1-10(19)16-11-2-4-12(5-3-11)17-15(20)23-14-8-6-13(7-9-14)18(21)22/h2-9H,1H3,(H,16,19)(H,17,20). The number of benzene rings is 2. The van der Waals surface area contributed by atoms with Gasteiger partial charge in [-0.1, -0.05) is 0 Å². The summed E-state index contributed by atoms with van der Waals surface area (Å²) in [6.45, 7) is 1.40. The van der Waals surface area contributed by atoms with Gasteiger partial charge in [-0.25, -0.2) is 4.79 Å². The molecule has 23 heavy (non-hydrogen) atoms. The van der Waals surface area contributed by atoms with Crippen LogP contribution >= 0.6 is 0 Å². The van der Waals surface area contributed by atoms with Crippen LogP contribution in [-0.2, 0) is 4.79 Å². The molecule has 0 heterocycles. The summed E-state index contributed by atoms with van der Waals surface area (Å²) in [5.41, 5.74) is 0.990. The molecule has 8 heteroatoms. The fourth-order valence-electron chi connectivity index (χ4n) is 1.73. The van der Waals surface area contributed by atoms with Gasteiger partial charge in [0.2, 0.25) is 5.91 Å². The Labute approximate surface area is 131 Å². The first-order valence-electron chi connectivity index (χ1n) is 6.55. The summed E-state index contributed by atoms with van der Waals surface area (Å²) in [7, 11) is 0. The molecule has 0 aromatic heterocycles. The lowest BCUT2D eigenvalue weighted by molar-refractivity contribution is -0.384. The summed E-state index contributed by atoms with van der Waals surface area (Å²) in [5.74, 6) is -0.00810. The lowest BCUT2D eigenvalue weighted by atomic mass is 10.3. The Kier molecular flexibility index (Phi) is 4.88. The molecule has 2 N–H and O–H groups in total. The van der Waals surface area contributed by atoms with Crippen LogP contribution in [0, 0.1) is 10.1 Å². The topological polar surface area (TPSA) is 111 Å². The molecule has 0 aliphatic heterocycles. The van der Waals surface area contributed by atoms with Crippen LogP contribution < -0.4 is 15.4 Å². The van der Waals surface area contributed by atoms with Gasteiger partial charge in [0.05, 0.1) is 4.92 Å². The largest absolute Gasteiger partial charge is 0.417 e. The minimum absolute atomic E-state index is 0.0914. The van der Waals surface area contributed by atoms with E-state index < -0.39 is 11.0 Å². The molecule has 0 bridgehead atoms. The number of nitrogens with one attached hydrogen (secondary N) is 2. The van der Waals surface area contributed by atoms with E-state index in [1.165, 1.54) is 31.2 Å². The number of hydrogen-bond acceptors (Lipinski definition) is 5. The van der Waals surface area contributed by atoms with Crippen molar-refractivity contribution in [3.8, 4) is 5.75 Å². The van der Waals surface area contributed by atoms with E-state index in [1.54, 1.807) is 24.3 Å². The van der Waals surface area contributed by atoms with Gasteiger partial charge in [0.1, 0.15) is 5.75 Å². The van der Waals surface area contributed by atoms with Gasteiger partial charge in [-0.15, -0.1) is 0 Å². The maximum absolute atomic E-state index is 11.7. The Morgan fingerprint density at radius 1 is 0.957 bits per heavy atom. The summed E-state index contributed by atoms with van der Waals surface area (Å²) >= 11 is 0. The van der Waals surface area contributed by atoms with Crippen LogP contribution in [0.5, 0.6) is 5.75 Å². The Morgan fingerprint density at radius 3 is 1.96 bits per heavy atom. The van der Waals surface area contributed by atoms with Gasteiger partial charge in [0, 0.05) is 30.4 Å². The van der Waals surface area contributed by atoms with Crippen molar-refractivity contribution < 1.29 is 19.2 Å². The number of hydrogen-bond donors (Lipinski definition) is 2. The summed E-state index contributed by atoms with van der Waals surface area (Å²) in [4.78, 5) is 32.6. The lowest BCUT2D eigenvalue weighted by Gasteiger charge is -2.07. The SMILES string of the molecule is CC(=O)Nc1ccc(NC(=O)Oc2ccc([N+](=O)[O-])cc2)cc1. The quantitative estimate of drug-likeness (QED) is 0.665. The van der Waals surface area contributed by atoms with Crippen molar-refractivity contribution in [1.82, 2.24) is 0 Å². The van der Waals surface area contributed by atoms with Crippen molar-refractivity contribution in [2.45, 2.75) is 6.92 Å². The molecule has 2 rings (SSSR count). The summed E-state index contributed by atoms with van der Waals surface area (Å²) in [6.07, 6.45) is -0.730. The molecule has 0 atom stereocenters. The predicted molar refractivity (Wildman–Crippen MR) is 83.5 cm³/mol. The van der Waals surface area contributed by atoms with Crippen molar-refractivity contribution in [3.05, 3.63) is 58.6 Å². The highest BCUT2D eigenvalue weighted by Gasteiger charge is 2.08. The molecule has 2 amide bonds. The number of nitro benzene ring substituents is 1. The molecule has 0 saturated heterocycles. The van der Waals surface area contributed by atoms with Gasteiger partial charge < -0.3 is 10.1 Å². The molecule has 0 aliphatic rings. The third-order valence-corrected chi connectivity index (χ3v) is 2.71. The van der Waals surface area contributed by atoms with Gasteiger partial charge in [0.15, 0.2) is 0 Å². The highest BCUT2D eigenvalue weighted by molar-refractivity contribution is 5.90. The number of nitro groups is 1. The summed E-state index contributed by atoms with van der Waals surface area (Å²) in [5, 5.41) is 15.6. The second-order valence-electron chi connectivity index (χ2n) is 4.52. The average Bonchev–Trinajstić information content (AvgIpc) is 2.49. The van der Waals surface area contributed by atoms with Gasteiger partial charge in [0.25, 0.3) is 5.69 Å². The number of carbonyl (C=O) groups is 2. The van der Waals surface area contributed by atoms with E-state index in [0.29, 0.717) is 11.4 Å². The van der Waals surface area contributed by atoms with Crippen LogP contribution in [0.1, 0.15) is 6.92 Å². The van der Waals surface area contributed by atoms with Crippen molar-refractivity contribution in [3.63, 3.8) is 0 Å². The van der Waals surface area contributed by atoms with Gasteiger partial charge in [-0.2, -0.15) is 0 Å². The molecule has 0 aliphatic carbocycles. The molecule has 0 saturated carbocycles. The monoisotopic (exact) mass is 315 g/mol. The minimum atomic E-state index is -0.730. The Bertz CT molecular complexity index is 726. The smallest absolute Gasteiger partial charge is 0.410 e. The van der Waals surface area contributed by atoms with Crippen LogP contribution in [-0.4, -0.2) is 16.9 Å². The van der Waals surface area contributed by atoms with Gasteiger partial charge >= 0.3 is 6.09 Å². The molecule has 2 aromatic rings. The fraction of sp³-hybridized carbons (Fsp3) is 0.0667. The van der Waals surface area contributed by atoms with Crippen molar-refractivity contribution in [1.29, 1.82) is 0 Å². The second kappa shape index (κ2) is 7.03. The van der Waals surface area contributed by atoms with Gasteiger partial charge in [-0.05, 0) is 36.4 Å². The molecule has 8 nitrogen and oxygen atoms in total. The van der Waals surface area contributed by atoms with Crippen molar-refractivity contribution in [2.75, 3.05) is 10.6 Å². The Morgan fingerprint density at radius 2 is 1.48 bits per heavy atom. The summed E-state index contributed by atoms with van der Waals surface area (Å²) < 4.78 is 5.01. The number of nitrogens with zero attached hydrogens (tertiary/aromatic N) is 1. The lowest BCUT2D eigenvalue weighted by Crippen LogP contribution is -2.16. The first-order valence-corrected chi connectivity index (χ1v) is 6.55. The van der Waals surface area contributed by atoms with Crippen LogP contribution in [0.2, 0.25) is 0 Å². The zero-order chi connectivity index (χ0) is 16.8. The van der Waals surface area contributed by atoms with Crippen LogP contribution in [0.15, 0.2) is 48.5 Å². The van der Waals surface area contributed by atoms with Crippen molar-refractivity contribution in [2.24, 2.45) is 0 Å². The normalized spacial score (nSPS) is 9.78. The van der Waals surface area contributed by atoms with Crippen molar-refractivity contribution >= 4 is 29.1 Å². The number of non-ortho nitro benzene ring substituents is 1. The maximum atomic E-state index is 11.7. The highest BCUT2D eigenvalue weighted by Crippen LogP contribution is 2.18. The third-order valence-electron chi connectivity index (χ3n) is 2.71. The Balaban J connectivity index is 1.93. The molecule has 0 spiro atoms. The minimum Gasteiger partial charge on any atom is -0.410 e. The number of rotatable bonds is 4. The van der Waals surface area contributed by atoms with Crippen LogP contribution in [0.4, 0.5) is 21.9 Å². The first kappa shape index (κ1) is 16.0. The van der Waals surface area contributed by atoms with Crippen LogP contribution in [0.25, 0.3) is 0 Å². The highest BCUT2D eigenvalue weighted by atomic mass is 16.6. The Hall–Kier alpha value is -3.42. The van der Waals surface area contributed by atoms with E-state index in [0.717, 1.165) is 0 Å². The maximum Gasteiger partial charge on any atom is 0.417 e. The van der Waals surface area contributed by atoms with E-state index in [1.807, 2.05) is 0 Å². The zero-order valence-electron chi connectivity index (χ0n) is 12.1. The van der Waals surface area contributed by atoms with Crippen LogP contribution in [0.3, 0.4) is 0 Å². The van der Waals surface area contributed by atoms with E-state index in [4.69, 9.17) is 4.74 Å². The molecular weight excluding hydrogens is 302 g/mol. The molecule has 118 valence electrons. The predicted octanol–water partition coefficient (Wildman–Crippen LogP) is 3.16. The molecule has 0 radical (unpaired) electrons. The van der Waals surface area contributed by atoms with E-state index in [2.05, 4.69) is 10.6 Å². The molecule has 0 fully saturated rings. The second-order valence-corrected chi connectivity index (χ2v) is 4.52. The zero-order valence-corrected chi connectivity index (χ0v) is 12.1. The number of ether oxygens (including phenoxy) is 1. The fourth-order valence-corrected chi connectivity index (χ4v) is 1.73. The average molecular weight is 315 g/mol. The van der Waals surface area contributed by atoms with E-state index >= 15 is 0 Å². The molecule has 2 aromatic carbocycles. The first-order chi connectivity index (χ1) is 10.9. The van der Waals surface area contributed by atoms with Gasteiger partial charge in [-0.3, -0.25) is 20.2 Å². The molecular formula is C15H13N3O5.